The van der Waals surface area contributed by atoms with E-state index in [1.165, 1.54) is 0 Å². The average molecular weight is 268 g/mol. The maximum Gasteiger partial charge on any atom is 0.573 e. The number of nitrogen functional groups attached to an aromatic ring is 1. The van der Waals surface area contributed by atoms with Gasteiger partial charge in [0, 0.05) is 0 Å². The summed E-state index contributed by atoms with van der Waals surface area (Å²) in [6.07, 6.45) is -5.04. The number of carboxylic acids is 1. The summed E-state index contributed by atoms with van der Waals surface area (Å²) in [5.41, 5.74) is 3.80. The first kappa shape index (κ1) is 14.0. The summed E-state index contributed by atoms with van der Waals surface area (Å²) in [5, 5.41) is 8.52. The Hall–Kier alpha value is -2.06. The second-order valence-corrected chi connectivity index (χ2v) is 3.22. The first-order valence-corrected chi connectivity index (χ1v) is 4.54. The maximum absolute atomic E-state index is 12.6. The van der Waals surface area contributed by atoms with Crippen molar-refractivity contribution in [2.75, 3.05) is 5.73 Å². The zero-order valence-corrected chi connectivity index (χ0v) is 8.79. The second kappa shape index (κ2) is 5.07. The lowest BCUT2D eigenvalue weighted by atomic mass is 10.1. The minimum absolute atomic E-state index is 0.342. The number of anilines is 1. The molecule has 1 aromatic rings. The summed E-state index contributed by atoms with van der Waals surface area (Å²) in [7, 11) is 0. The summed E-state index contributed by atoms with van der Waals surface area (Å²) in [5.74, 6) is -2.42. The van der Waals surface area contributed by atoms with Crippen LogP contribution in [0.5, 0.6) is 5.75 Å². The Morgan fingerprint density at radius 3 is 2.56 bits per heavy atom. The van der Waals surface area contributed by atoms with Crippen LogP contribution in [0.25, 0.3) is 0 Å². The molecule has 0 atom stereocenters. The number of rotatable bonds is 4. The molecule has 1 aromatic heterocycles. The highest BCUT2D eigenvalue weighted by Crippen LogP contribution is 2.33. The molecule has 0 radical (unpaired) electrons. The molecule has 0 spiro atoms. The number of carbonyl (C=O) groups is 1. The molecule has 100 valence electrons. The second-order valence-electron chi connectivity index (χ2n) is 3.22. The Kier molecular flexibility index (Phi) is 3.94. The fraction of sp³-hybridized carbons (Fsp3) is 0.333. The van der Waals surface area contributed by atoms with Crippen molar-refractivity contribution >= 4 is 11.7 Å². The molecule has 0 aliphatic carbocycles. The van der Waals surface area contributed by atoms with Gasteiger partial charge in [0.1, 0.15) is 6.67 Å². The van der Waals surface area contributed by atoms with Crippen LogP contribution in [-0.2, 0) is 17.9 Å². The molecule has 18 heavy (non-hydrogen) atoms. The Balaban J connectivity index is 3.29. The number of pyridine rings is 1. The summed E-state index contributed by atoms with van der Waals surface area (Å²) in [6.45, 7) is -1.33. The first-order valence-electron chi connectivity index (χ1n) is 4.54. The van der Waals surface area contributed by atoms with Gasteiger partial charge in [0.05, 0.1) is 29.6 Å². The summed E-state index contributed by atoms with van der Waals surface area (Å²) >= 11 is 0. The van der Waals surface area contributed by atoms with Crippen LogP contribution < -0.4 is 10.5 Å². The highest BCUT2D eigenvalue weighted by Gasteiger charge is 2.34. The summed E-state index contributed by atoms with van der Waals surface area (Å²) < 4.78 is 52.7. The van der Waals surface area contributed by atoms with Gasteiger partial charge >= 0.3 is 12.3 Å². The van der Waals surface area contributed by atoms with Gasteiger partial charge in [0.15, 0.2) is 5.75 Å². The van der Waals surface area contributed by atoms with E-state index in [1.54, 1.807) is 0 Å². The molecule has 9 heteroatoms. The lowest BCUT2D eigenvalue weighted by molar-refractivity contribution is -0.275. The number of halogens is 4. The predicted octanol–water partition coefficient (Wildman–Crippen LogP) is 1.66. The van der Waals surface area contributed by atoms with Gasteiger partial charge < -0.3 is 15.6 Å². The fourth-order valence-electron chi connectivity index (χ4n) is 1.23. The van der Waals surface area contributed by atoms with Crippen LogP contribution in [0.2, 0.25) is 0 Å². The quantitative estimate of drug-likeness (QED) is 0.811. The van der Waals surface area contributed by atoms with Crippen LogP contribution in [0.1, 0.15) is 11.3 Å². The normalized spacial score (nSPS) is 11.3. The molecule has 0 saturated carbocycles. The number of alkyl halides is 4. The number of nitrogens with zero attached hydrogens (tertiary/aromatic N) is 1. The van der Waals surface area contributed by atoms with E-state index in [0.717, 1.165) is 6.20 Å². The minimum atomic E-state index is -5.09. The van der Waals surface area contributed by atoms with Crippen LogP contribution in [-0.4, -0.2) is 22.4 Å². The SMILES string of the molecule is Nc1cnc(CC(=O)O)c(OC(F)(F)F)c1CF. The number of carboxylic acid groups (broad SMARTS) is 1. The van der Waals surface area contributed by atoms with Gasteiger partial charge in [-0.05, 0) is 0 Å². The largest absolute Gasteiger partial charge is 0.573 e. The van der Waals surface area contributed by atoms with Gasteiger partial charge in [-0.25, -0.2) is 4.39 Å². The highest BCUT2D eigenvalue weighted by molar-refractivity contribution is 5.71. The van der Waals surface area contributed by atoms with E-state index in [1.807, 2.05) is 0 Å². The molecule has 0 aromatic carbocycles. The van der Waals surface area contributed by atoms with Crippen LogP contribution >= 0.6 is 0 Å². The number of hydrogen-bond donors (Lipinski definition) is 2. The van der Waals surface area contributed by atoms with Crippen molar-refractivity contribution in [3.05, 3.63) is 17.5 Å². The van der Waals surface area contributed by atoms with Crippen LogP contribution in [0.4, 0.5) is 23.2 Å². The van der Waals surface area contributed by atoms with Crippen molar-refractivity contribution in [3.8, 4) is 5.75 Å². The topological polar surface area (TPSA) is 85.4 Å². The van der Waals surface area contributed by atoms with Crippen molar-refractivity contribution in [1.29, 1.82) is 0 Å². The number of ether oxygens (including phenoxy) is 1. The molecule has 1 heterocycles. The predicted molar refractivity (Wildman–Crippen MR) is 51.5 cm³/mol. The molecule has 3 N–H and O–H groups in total. The Labute approximate surface area is 98.2 Å². The third-order valence-electron chi connectivity index (χ3n) is 1.91. The number of hydrogen-bond acceptors (Lipinski definition) is 4. The van der Waals surface area contributed by atoms with Crippen molar-refractivity contribution in [3.63, 3.8) is 0 Å². The Bertz CT molecular complexity index is 462. The zero-order valence-electron chi connectivity index (χ0n) is 8.79. The van der Waals surface area contributed by atoms with E-state index in [2.05, 4.69) is 9.72 Å². The molecule has 0 bridgehead atoms. The highest BCUT2D eigenvalue weighted by atomic mass is 19.4. The lowest BCUT2D eigenvalue weighted by Gasteiger charge is -2.15. The fourth-order valence-corrected chi connectivity index (χ4v) is 1.23. The smallest absolute Gasteiger partial charge is 0.481 e. The molecule has 0 saturated heterocycles. The van der Waals surface area contributed by atoms with Crippen LogP contribution in [0.3, 0.4) is 0 Å². The van der Waals surface area contributed by atoms with Gasteiger partial charge in [-0.15, -0.1) is 13.2 Å². The summed E-state index contributed by atoms with van der Waals surface area (Å²) in [6, 6.07) is 0. The van der Waals surface area contributed by atoms with E-state index in [-0.39, 0.29) is 5.69 Å². The number of aliphatic carboxylic acids is 1. The molecule has 0 aliphatic heterocycles. The van der Waals surface area contributed by atoms with E-state index in [4.69, 9.17) is 10.8 Å². The van der Waals surface area contributed by atoms with Crippen molar-refractivity contribution in [1.82, 2.24) is 4.98 Å². The van der Waals surface area contributed by atoms with E-state index in [9.17, 15) is 22.4 Å². The monoisotopic (exact) mass is 268 g/mol. The van der Waals surface area contributed by atoms with Crippen molar-refractivity contribution < 1.29 is 32.2 Å². The molecule has 0 amide bonds. The first-order chi connectivity index (χ1) is 8.24. The number of nitrogens with two attached hydrogens (primary N) is 1. The van der Waals surface area contributed by atoms with E-state index >= 15 is 0 Å². The Morgan fingerprint density at radius 1 is 1.50 bits per heavy atom. The van der Waals surface area contributed by atoms with Crippen LogP contribution in [0, 0.1) is 0 Å². The standard InChI is InChI=1S/C9H8F4N2O3/c10-2-4-5(14)3-15-6(1-7(16)17)8(4)18-9(11,12)13/h3H,1-2,14H2,(H,16,17). The molecule has 5 nitrogen and oxygen atoms in total. The van der Waals surface area contributed by atoms with Gasteiger partial charge in [0.25, 0.3) is 0 Å². The minimum Gasteiger partial charge on any atom is -0.481 e. The molecule has 0 fully saturated rings. The van der Waals surface area contributed by atoms with E-state index in [0.29, 0.717) is 0 Å². The summed E-state index contributed by atoms with van der Waals surface area (Å²) in [4.78, 5) is 13.9. The molecular formula is C9H8F4N2O3. The van der Waals surface area contributed by atoms with Gasteiger partial charge in [-0.2, -0.15) is 0 Å². The Morgan fingerprint density at radius 2 is 2.11 bits per heavy atom. The van der Waals surface area contributed by atoms with Crippen LogP contribution in [0.15, 0.2) is 6.20 Å². The third kappa shape index (κ3) is 3.47. The molecular weight excluding hydrogens is 260 g/mol. The van der Waals surface area contributed by atoms with Crippen molar-refractivity contribution in [2.24, 2.45) is 0 Å². The third-order valence-corrected chi connectivity index (χ3v) is 1.91. The van der Waals surface area contributed by atoms with Gasteiger partial charge in [-0.1, -0.05) is 0 Å². The molecule has 1 rings (SSSR count). The number of aromatic nitrogens is 1. The maximum atomic E-state index is 12.6. The van der Waals surface area contributed by atoms with Gasteiger partial charge in [-0.3, -0.25) is 9.78 Å². The molecule has 0 aliphatic rings. The van der Waals surface area contributed by atoms with Crippen molar-refractivity contribution in [2.45, 2.75) is 19.5 Å². The van der Waals surface area contributed by atoms with E-state index < -0.39 is 42.4 Å². The average Bonchev–Trinajstić information content (AvgIpc) is 2.20. The lowest BCUT2D eigenvalue weighted by Crippen LogP contribution is -2.21. The zero-order chi connectivity index (χ0) is 13.9. The molecule has 0 unspecified atom stereocenters. The van der Waals surface area contributed by atoms with Gasteiger partial charge in [0.2, 0.25) is 0 Å².